The first-order chi connectivity index (χ1) is 14.7. The summed E-state index contributed by atoms with van der Waals surface area (Å²) in [7, 11) is 0. The molecule has 1 unspecified atom stereocenters. The number of para-hydroxylation sites is 1. The first-order valence-corrected chi connectivity index (χ1v) is 10.5. The van der Waals surface area contributed by atoms with Crippen molar-refractivity contribution in [2.24, 2.45) is 0 Å². The molecule has 3 aromatic rings. The highest BCUT2D eigenvalue weighted by Gasteiger charge is 2.37. The average molecular weight is 425 g/mol. The van der Waals surface area contributed by atoms with Gasteiger partial charge >= 0.3 is 0 Å². The molecule has 0 spiro atoms. The van der Waals surface area contributed by atoms with Crippen LogP contribution in [0.1, 0.15) is 44.4 Å². The molecule has 1 atom stereocenters. The topological polar surface area (TPSA) is 18.5 Å². The van der Waals surface area contributed by atoms with Gasteiger partial charge in [0.05, 0.1) is 18.6 Å². The molecule has 3 rings (SSSR count). The van der Waals surface area contributed by atoms with Gasteiger partial charge in [-0.2, -0.15) is 0 Å². The monoisotopic (exact) mass is 424 g/mol. The van der Waals surface area contributed by atoms with E-state index in [2.05, 4.69) is 20.8 Å². The minimum Gasteiger partial charge on any atom is -0.457 e. The van der Waals surface area contributed by atoms with Gasteiger partial charge in [0.25, 0.3) is 0 Å². The molecule has 4 heteroatoms. The molecule has 0 fully saturated rings. The first kappa shape index (κ1) is 23.0. The van der Waals surface area contributed by atoms with E-state index >= 15 is 0 Å². The van der Waals surface area contributed by atoms with Crippen LogP contribution >= 0.6 is 0 Å². The largest absolute Gasteiger partial charge is 0.457 e. The highest BCUT2D eigenvalue weighted by molar-refractivity contribution is 5.34. The molecule has 2 nitrogen and oxygen atoms in total. The molecule has 0 saturated heterocycles. The number of ether oxygens (including phenoxy) is 2. The van der Waals surface area contributed by atoms with Crippen molar-refractivity contribution in [2.45, 2.75) is 51.6 Å². The van der Waals surface area contributed by atoms with E-state index in [9.17, 15) is 8.78 Å². The van der Waals surface area contributed by atoms with E-state index in [0.29, 0.717) is 11.3 Å². The van der Waals surface area contributed by atoms with Crippen molar-refractivity contribution in [3.63, 3.8) is 0 Å². The highest BCUT2D eigenvalue weighted by atomic mass is 19.3. The lowest BCUT2D eigenvalue weighted by molar-refractivity contribution is -0.0127. The van der Waals surface area contributed by atoms with E-state index in [-0.39, 0.29) is 18.6 Å². The summed E-state index contributed by atoms with van der Waals surface area (Å²) in [5.41, 5.74) is 1.22. The van der Waals surface area contributed by atoms with Gasteiger partial charge in [0.15, 0.2) is 0 Å². The Kier molecular flexibility index (Phi) is 7.11. The second-order valence-corrected chi connectivity index (χ2v) is 9.10. The number of hydrogen-bond acceptors (Lipinski definition) is 2. The predicted octanol–water partition coefficient (Wildman–Crippen LogP) is 7.52. The van der Waals surface area contributed by atoms with Gasteiger partial charge in [-0.25, -0.2) is 8.78 Å². The van der Waals surface area contributed by atoms with Crippen molar-refractivity contribution in [3.8, 4) is 11.5 Å². The number of rotatable bonds is 8. The second kappa shape index (κ2) is 9.61. The zero-order chi connectivity index (χ0) is 22.5. The molecule has 0 heterocycles. The summed E-state index contributed by atoms with van der Waals surface area (Å²) in [5.74, 6) is 1.47. The van der Waals surface area contributed by atoms with Gasteiger partial charge < -0.3 is 9.47 Å². The third kappa shape index (κ3) is 5.92. The third-order valence-electron chi connectivity index (χ3n) is 5.46. The van der Waals surface area contributed by atoms with Crippen molar-refractivity contribution >= 4 is 0 Å². The SMILES string of the molecule is CC(C)(C)c1ccc(C(C)(COCc2ccc(Oc3ccccc3)cc2)C(F)F)cc1. The van der Waals surface area contributed by atoms with Crippen LogP contribution < -0.4 is 4.74 Å². The van der Waals surface area contributed by atoms with Gasteiger partial charge in [-0.05, 0) is 53.3 Å². The molecule has 0 bridgehead atoms. The van der Waals surface area contributed by atoms with Gasteiger partial charge in [0.1, 0.15) is 11.5 Å². The quantitative estimate of drug-likeness (QED) is 0.372. The van der Waals surface area contributed by atoms with Gasteiger partial charge in [0, 0.05) is 0 Å². The number of halogens is 2. The number of benzene rings is 3. The minimum absolute atomic E-state index is 0.0212. The summed E-state index contributed by atoms with van der Waals surface area (Å²) in [5, 5.41) is 0. The molecule has 0 radical (unpaired) electrons. The fourth-order valence-electron chi connectivity index (χ4n) is 3.28. The van der Waals surface area contributed by atoms with E-state index in [1.807, 2.05) is 66.7 Å². The molecule has 0 saturated carbocycles. The maximum Gasteiger partial charge on any atom is 0.250 e. The van der Waals surface area contributed by atoms with Crippen molar-refractivity contribution in [1.82, 2.24) is 0 Å². The van der Waals surface area contributed by atoms with Crippen LogP contribution in [0.25, 0.3) is 0 Å². The highest BCUT2D eigenvalue weighted by Crippen LogP contribution is 2.33. The molecule has 0 aliphatic carbocycles. The van der Waals surface area contributed by atoms with Gasteiger partial charge in [-0.1, -0.05) is 75.4 Å². The molecule has 0 N–H and O–H groups in total. The normalized spacial score (nSPS) is 13.8. The first-order valence-electron chi connectivity index (χ1n) is 10.5. The van der Waals surface area contributed by atoms with Crippen molar-refractivity contribution in [3.05, 3.63) is 95.6 Å². The fraction of sp³-hybridized carbons (Fsp3) is 0.333. The van der Waals surface area contributed by atoms with E-state index in [1.54, 1.807) is 19.1 Å². The van der Waals surface area contributed by atoms with Crippen LogP contribution in [-0.4, -0.2) is 13.0 Å². The zero-order valence-corrected chi connectivity index (χ0v) is 18.6. The summed E-state index contributed by atoms with van der Waals surface area (Å²) in [6, 6.07) is 24.5. The van der Waals surface area contributed by atoms with Crippen LogP contribution in [0.4, 0.5) is 8.78 Å². The molecule has 0 aromatic heterocycles. The lowest BCUT2D eigenvalue weighted by Gasteiger charge is -2.30. The summed E-state index contributed by atoms with van der Waals surface area (Å²) in [4.78, 5) is 0. The molecule has 0 aliphatic rings. The lowest BCUT2D eigenvalue weighted by atomic mass is 9.80. The van der Waals surface area contributed by atoms with Crippen LogP contribution in [-0.2, 0) is 22.2 Å². The van der Waals surface area contributed by atoms with E-state index < -0.39 is 11.8 Å². The summed E-state index contributed by atoms with van der Waals surface area (Å²) in [6.07, 6.45) is -2.53. The summed E-state index contributed by atoms with van der Waals surface area (Å²) >= 11 is 0. The van der Waals surface area contributed by atoms with Crippen LogP contribution in [0, 0.1) is 0 Å². The Morgan fingerprint density at radius 3 is 1.81 bits per heavy atom. The van der Waals surface area contributed by atoms with Crippen LogP contribution in [0.2, 0.25) is 0 Å². The van der Waals surface area contributed by atoms with Gasteiger partial charge in [0.2, 0.25) is 6.43 Å². The summed E-state index contributed by atoms with van der Waals surface area (Å²) in [6.45, 7) is 8.06. The molecular formula is C27H30F2O2. The number of alkyl halides is 2. The van der Waals surface area contributed by atoms with Crippen LogP contribution in [0.5, 0.6) is 11.5 Å². The average Bonchev–Trinajstić information content (AvgIpc) is 2.75. The maximum atomic E-state index is 14.0. The van der Waals surface area contributed by atoms with Crippen molar-refractivity contribution in [1.29, 1.82) is 0 Å². The van der Waals surface area contributed by atoms with Crippen LogP contribution in [0.15, 0.2) is 78.9 Å². The third-order valence-corrected chi connectivity index (χ3v) is 5.46. The smallest absolute Gasteiger partial charge is 0.250 e. The van der Waals surface area contributed by atoms with Crippen molar-refractivity contribution in [2.75, 3.05) is 6.61 Å². The molecular weight excluding hydrogens is 394 g/mol. The summed E-state index contributed by atoms with van der Waals surface area (Å²) < 4.78 is 39.5. The fourth-order valence-corrected chi connectivity index (χ4v) is 3.28. The Morgan fingerprint density at radius 2 is 1.26 bits per heavy atom. The van der Waals surface area contributed by atoms with E-state index in [0.717, 1.165) is 16.9 Å². The maximum absolute atomic E-state index is 14.0. The Balaban J connectivity index is 1.61. The second-order valence-electron chi connectivity index (χ2n) is 9.10. The standard InChI is InChI=1S/C27H30F2O2/c1-26(2,3)21-12-14-22(15-13-21)27(4,25(28)29)19-30-18-20-10-16-24(17-11-20)31-23-8-6-5-7-9-23/h5-17,25H,18-19H2,1-4H3. The Labute approximate surface area is 183 Å². The molecule has 0 aliphatic heterocycles. The van der Waals surface area contributed by atoms with Crippen molar-refractivity contribution < 1.29 is 18.3 Å². The molecule has 164 valence electrons. The minimum atomic E-state index is -2.53. The molecule has 31 heavy (non-hydrogen) atoms. The van der Waals surface area contributed by atoms with Gasteiger partial charge in [-0.15, -0.1) is 0 Å². The van der Waals surface area contributed by atoms with E-state index in [1.165, 1.54) is 0 Å². The van der Waals surface area contributed by atoms with Gasteiger partial charge in [-0.3, -0.25) is 0 Å². The Morgan fingerprint density at radius 1 is 0.710 bits per heavy atom. The molecule has 0 amide bonds. The van der Waals surface area contributed by atoms with Crippen LogP contribution in [0.3, 0.4) is 0 Å². The Hall–Kier alpha value is -2.72. The predicted molar refractivity (Wildman–Crippen MR) is 121 cm³/mol. The van der Waals surface area contributed by atoms with E-state index in [4.69, 9.17) is 9.47 Å². The lowest BCUT2D eigenvalue weighted by Crippen LogP contribution is -2.36. The molecule has 3 aromatic carbocycles. The Bertz CT molecular complexity index is 945. The zero-order valence-electron chi connectivity index (χ0n) is 18.6. The number of hydrogen-bond donors (Lipinski definition) is 0.